The Morgan fingerprint density at radius 3 is 2.57 bits per heavy atom. The summed E-state index contributed by atoms with van der Waals surface area (Å²) in [4.78, 5) is 19.6. The summed E-state index contributed by atoms with van der Waals surface area (Å²) in [6.45, 7) is -0.580. The maximum Gasteiger partial charge on any atom is 0.321 e. The zero-order valence-electron chi connectivity index (χ0n) is 10.4. The van der Waals surface area contributed by atoms with Crippen LogP contribution < -0.4 is 4.72 Å². The monoisotopic (exact) mass is 322 g/mol. The first-order valence-electron chi connectivity index (χ1n) is 5.49. The van der Waals surface area contributed by atoms with Crippen LogP contribution in [0.2, 0.25) is 0 Å². The smallest absolute Gasteiger partial charge is 0.321 e. The second-order valence-electron chi connectivity index (χ2n) is 3.89. The molecule has 0 spiro atoms. The first-order valence-corrected chi connectivity index (χ1v) is 6.97. The summed E-state index contributed by atoms with van der Waals surface area (Å²) in [5.74, 6) is -2.74. The Balaban J connectivity index is 3.16. The van der Waals surface area contributed by atoms with Crippen LogP contribution >= 0.6 is 0 Å². The van der Waals surface area contributed by atoms with Gasteiger partial charge in [-0.2, -0.15) is 9.11 Å². The molecule has 1 rings (SSSR count). The van der Waals surface area contributed by atoms with Crippen LogP contribution in [-0.2, 0) is 14.8 Å². The first kappa shape index (κ1) is 16.9. The van der Waals surface area contributed by atoms with Crippen LogP contribution in [0.1, 0.15) is 6.42 Å². The molecule has 1 aromatic rings. The average Bonchev–Trinajstić information content (AvgIpc) is 2.37. The molecular weight excluding hydrogens is 311 g/mol. The summed E-state index contributed by atoms with van der Waals surface area (Å²) in [5.41, 5.74) is -1.05. The van der Waals surface area contributed by atoms with Crippen LogP contribution in [-0.4, -0.2) is 42.2 Å². The lowest BCUT2D eigenvalue weighted by atomic mass is 10.2. The van der Waals surface area contributed by atoms with Gasteiger partial charge in [0, 0.05) is 12.7 Å². The maximum absolute atomic E-state index is 13.1. The molecule has 0 aromatic heterocycles. The molecule has 116 valence electrons. The summed E-state index contributed by atoms with van der Waals surface area (Å²) < 4.78 is 38.7. The zero-order valence-corrected chi connectivity index (χ0v) is 11.2. The zero-order chi connectivity index (χ0) is 16.2. The first-order chi connectivity index (χ1) is 9.69. The molecule has 21 heavy (non-hydrogen) atoms. The number of aliphatic hydroxyl groups excluding tert-OH is 1. The third-order valence-corrected chi connectivity index (χ3v) is 3.91. The fourth-order valence-corrected chi connectivity index (χ4v) is 2.66. The molecule has 9 nitrogen and oxygen atoms in total. The van der Waals surface area contributed by atoms with Crippen LogP contribution in [0, 0.1) is 15.9 Å². The molecule has 0 radical (unpaired) electrons. The Bertz CT molecular complexity index is 661. The molecule has 3 N–H and O–H groups in total. The molecule has 0 saturated heterocycles. The summed E-state index contributed by atoms with van der Waals surface area (Å²) in [7, 11) is -4.41. The second kappa shape index (κ2) is 6.56. The van der Waals surface area contributed by atoms with Gasteiger partial charge in [0.1, 0.15) is 6.04 Å². The van der Waals surface area contributed by atoms with Crippen LogP contribution in [0.3, 0.4) is 0 Å². The van der Waals surface area contributed by atoms with Crippen molar-refractivity contribution in [3.8, 4) is 0 Å². The van der Waals surface area contributed by atoms with Crippen molar-refractivity contribution in [1.82, 2.24) is 4.72 Å². The average molecular weight is 322 g/mol. The highest BCUT2D eigenvalue weighted by Crippen LogP contribution is 2.21. The Hall–Kier alpha value is -2.11. The van der Waals surface area contributed by atoms with E-state index in [2.05, 4.69) is 0 Å². The van der Waals surface area contributed by atoms with Crippen LogP contribution in [0.15, 0.2) is 23.1 Å². The molecular formula is C10H11FN2O7S. The van der Waals surface area contributed by atoms with E-state index < -0.39 is 56.4 Å². The molecule has 0 aliphatic carbocycles. The molecule has 0 aliphatic heterocycles. The standard InChI is InChI=1S/C10H11FN2O7S/c11-7-2-1-6(5-9(7)13(17)18)21(19,20)12-8(3-4-14)10(15)16/h1-2,5,8,12,14H,3-4H2,(H,15,16)/t8-/m0/s1. The molecule has 0 aliphatic rings. The van der Waals surface area contributed by atoms with E-state index in [9.17, 15) is 27.7 Å². The highest BCUT2D eigenvalue weighted by molar-refractivity contribution is 7.89. The van der Waals surface area contributed by atoms with Crippen molar-refractivity contribution in [3.05, 3.63) is 34.1 Å². The quantitative estimate of drug-likeness (QED) is 0.467. The number of carboxylic acids is 1. The van der Waals surface area contributed by atoms with Crippen molar-refractivity contribution in [2.75, 3.05) is 6.61 Å². The molecule has 0 unspecified atom stereocenters. The second-order valence-corrected chi connectivity index (χ2v) is 5.61. The van der Waals surface area contributed by atoms with Crippen molar-refractivity contribution < 1.29 is 32.7 Å². The molecule has 1 aromatic carbocycles. The normalized spacial score (nSPS) is 12.9. The van der Waals surface area contributed by atoms with E-state index in [1.807, 2.05) is 0 Å². The van der Waals surface area contributed by atoms with Gasteiger partial charge in [0.2, 0.25) is 15.8 Å². The van der Waals surface area contributed by atoms with Gasteiger partial charge in [0.05, 0.1) is 9.82 Å². The third kappa shape index (κ3) is 4.18. The van der Waals surface area contributed by atoms with Gasteiger partial charge in [0.25, 0.3) is 0 Å². The van der Waals surface area contributed by atoms with E-state index in [-0.39, 0.29) is 0 Å². The number of aliphatic carboxylic acids is 1. The molecule has 11 heteroatoms. The van der Waals surface area contributed by atoms with Gasteiger partial charge in [-0.25, -0.2) is 8.42 Å². The largest absolute Gasteiger partial charge is 0.480 e. The number of halogens is 1. The van der Waals surface area contributed by atoms with E-state index in [1.165, 1.54) is 0 Å². The number of rotatable bonds is 7. The number of aliphatic hydroxyl groups is 1. The minimum atomic E-state index is -4.41. The van der Waals surface area contributed by atoms with E-state index in [0.717, 1.165) is 6.07 Å². The molecule has 0 fully saturated rings. The number of carbonyl (C=O) groups is 1. The molecule has 1 atom stereocenters. The highest BCUT2D eigenvalue weighted by atomic mass is 32.2. The number of hydrogen-bond donors (Lipinski definition) is 3. The topological polar surface area (TPSA) is 147 Å². The number of carboxylic acid groups (broad SMARTS) is 1. The van der Waals surface area contributed by atoms with Crippen LogP contribution in [0.4, 0.5) is 10.1 Å². The van der Waals surface area contributed by atoms with Crippen molar-refractivity contribution in [2.45, 2.75) is 17.4 Å². The number of nitrogens with one attached hydrogen (secondary N) is 1. The van der Waals surface area contributed by atoms with E-state index >= 15 is 0 Å². The minimum absolute atomic E-state index is 0.391. The Kier molecular flexibility index (Phi) is 5.29. The van der Waals surface area contributed by atoms with E-state index in [4.69, 9.17) is 10.2 Å². The fourth-order valence-electron chi connectivity index (χ4n) is 1.42. The third-order valence-electron chi connectivity index (χ3n) is 2.44. The number of sulfonamides is 1. The number of nitrogens with zero attached hydrogens (tertiary/aromatic N) is 1. The molecule has 0 heterocycles. The number of nitro benzene ring substituents is 1. The van der Waals surface area contributed by atoms with Gasteiger partial charge in [-0.1, -0.05) is 0 Å². The van der Waals surface area contributed by atoms with Gasteiger partial charge in [-0.3, -0.25) is 14.9 Å². The summed E-state index contributed by atoms with van der Waals surface area (Å²) in [6, 6.07) is 0.233. The van der Waals surface area contributed by atoms with Gasteiger partial charge in [-0.05, 0) is 18.6 Å². The Morgan fingerprint density at radius 2 is 2.10 bits per heavy atom. The lowest BCUT2D eigenvalue weighted by Crippen LogP contribution is -2.41. The summed E-state index contributed by atoms with van der Waals surface area (Å²) in [5, 5.41) is 28.0. The maximum atomic E-state index is 13.1. The van der Waals surface area contributed by atoms with Gasteiger partial charge < -0.3 is 10.2 Å². The number of nitro groups is 1. The predicted octanol–water partition coefficient (Wildman–Crippen LogP) is -0.152. The minimum Gasteiger partial charge on any atom is -0.480 e. The molecule has 0 amide bonds. The summed E-state index contributed by atoms with van der Waals surface area (Å²) >= 11 is 0. The lowest BCUT2D eigenvalue weighted by molar-refractivity contribution is -0.387. The van der Waals surface area contributed by atoms with Crippen LogP contribution in [0.25, 0.3) is 0 Å². The molecule has 0 bridgehead atoms. The fraction of sp³-hybridized carbons (Fsp3) is 0.300. The number of hydrogen-bond acceptors (Lipinski definition) is 6. The van der Waals surface area contributed by atoms with Gasteiger partial charge in [-0.15, -0.1) is 0 Å². The van der Waals surface area contributed by atoms with Crippen molar-refractivity contribution in [3.63, 3.8) is 0 Å². The van der Waals surface area contributed by atoms with E-state index in [1.54, 1.807) is 4.72 Å². The van der Waals surface area contributed by atoms with Crippen molar-refractivity contribution >= 4 is 21.7 Å². The SMILES string of the molecule is O=C(O)[C@H](CCO)NS(=O)(=O)c1ccc(F)c([N+](=O)[O-])c1. The van der Waals surface area contributed by atoms with Crippen LogP contribution in [0.5, 0.6) is 0 Å². The summed E-state index contributed by atoms with van der Waals surface area (Å²) in [6.07, 6.45) is -0.391. The molecule has 0 saturated carbocycles. The van der Waals surface area contributed by atoms with Gasteiger partial charge >= 0.3 is 11.7 Å². The van der Waals surface area contributed by atoms with Gasteiger partial charge in [0.15, 0.2) is 0 Å². The van der Waals surface area contributed by atoms with Crippen molar-refractivity contribution in [1.29, 1.82) is 0 Å². The van der Waals surface area contributed by atoms with Crippen molar-refractivity contribution in [2.24, 2.45) is 0 Å². The van der Waals surface area contributed by atoms with E-state index in [0.29, 0.717) is 12.1 Å². The Labute approximate surface area is 118 Å². The number of benzene rings is 1. The Morgan fingerprint density at radius 1 is 1.48 bits per heavy atom. The lowest BCUT2D eigenvalue weighted by Gasteiger charge is -2.13. The highest BCUT2D eigenvalue weighted by Gasteiger charge is 2.27. The predicted molar refractivity (Wildman–Crippen MR) is 66.5 cm³/mol.